The van der Waals surface area contributed by atoms with Crippen LogP contribution in [0.4, 0.5) is 11.4 Å². The Morgan fingerprint density at radius 3 is 2.80 bits per heavy atom. The number of carbonyl (C=O) groups excluding carboxylic acids is 1. The van der Waals surface area contributed by atoms with Gasteiger partial charge in [0.15, 0.2) is 0 Å². The Kier molecular flexibility index (Phi) is 2.67. The van der Waals surface area contributed by atoms with Crippen LogP contribution in [0, 0.1) is 0 Å². The fraction of sp³-hybridized carbons (Fsp3) is 0.300. The number of hydrogen-bond acceptors (Lipinski definition) is 3. The minimum absolute atomic E-state index is 0.0345. The molecule has 5 heteroatoms. The van der Waals surface area contributed by atoms with E-state index in [9.17, 15) is 4.79 Å². The van der Waals surface area contributed by atoms with Crippen molar-refractivity contribution in [3.8, 4) is 0 Å². The average molecular weight is 270 g/mol. The molecule has 0 saturated carbocycles. The smallest absolute Gasteiger partial charge is 0.228 e. The van der Waals surface area contributed by atoms with Gasteiger partial charge in [-0.25, -0.2) is 0 Å². The highest BCUT2D eigenvalue weighted by atomic mass is 79.9. The lowest BCUT2D eigenvalue weighted by Gasteiger charge is -2.18. The third-order valence-electron chi connectivity index (χ3n) is 2.44. The highest BCUT2D eigenvalue weighted by Crippen LogP contribution is 2.29. The van der Waals surface area contributed by atoms with Crippen molar-refractivity contribution in [3.05, 3.63) is 22.7 Å². The first-order valence-electron chi connectivity index (χ1n) is 4.69. The predicted octanol–water partition coefficient (Wildman–Crippen LogP) is 1.10. The van der Waals surface area contributed by atoms with Gasteiger partial charge < -0.3 is 16.4 Å². The van der Waals surface area contributed by atoms with Crippen molar-refractivity contribution in [3.63, 3.8) is 0 Å². The second-order valence-corrected chi connectivity index (χ2v) is 4.59. The van der Waals surface area contributed by atoms with E-state index in [0.29, 0.717) is 18.7 Å². The van der Waals surface area contributed by atoms with Gasteiger partial charge in [0.05, 0.1) is 11.4 Å². The lowest BCUT2D eigenvalue weighted by molar-refractivity contribution is -0.117. The molecule has 1 aromatic rings. The minimum Gasteiger partial charge on any atom is -0.397 e. The molecule has 1 heterocycles. The maximum absolute atomic E-state index is 11.6. The number of benzene rings is 1. The van der Waals surface area contributed by atoms with Crippen LogP contribution < -0.4 is 16.4 Å². The number of hydrogen-bond donors (Lipinski definition) is 2. The molecular formula is C10H12BrN3O. The molecule has 4 nitrogen and oxygen atoms in total. The first-order valence-corrected chi connectivity index (χ1v) is 5.48. The van der Waals surface area contributed by atoms with Crippen molar-refractivity contribution in [2.45, 2.75) is 12.5 Å². The Morgan fingerprint density at radius 2 is 2.20 bits per heavy atom. The largest absolute Gasteiger partial charge is 0.397 e. The van der Waals surface area contributed by atoms with E-state index in [1.807, 2.05) is 12.1 Å². The van der Waals surface area contributed by atoms with Gasteiger partial charge >= 0.3 is 0 Å². The highest BCUT2D eigenvalue weighted by molar-refractivity contribution is 9.10. The number of nitrogen functional groups attached to an aromatic ring is 1. The second-order valence-electron chi connectivity index (χ2n) is 3.67. The number of nitrogens with zero attached hydrogens (tertiary/aromatic N) is 1. The predicted molar refractivity (Wildman–Crippen MR) is 63.5 cm³/mol. The molecule has 1 aliphatic rings. The summed E-state index contributed by atoms with van der Waals surface area (Å²) in [4.78, 5) is 13.3. The maximum Gasteiger partial charge on any atom is 0.228 e. The van der Waals surface area contributed by atoms with Gasteiger partial charge in [-0.1, -0.05) is 15.9 Å². The SMILES string of the molecule is Nc1ccc(Br)cc1N1CC(N)CC1=O. The number of rotatable bonds is 1. The number of amides is 1. The molecule has 1 unspecified atom stereocenters. The molecule has 1 amide bonds. The molecule has 0 radical (unpaired) electrons. The monoisotopic (exact) mass is 269 g/mol. The van der Waals surface area contributed by atoms with E-state index in [4.69, 9.17) is 11.5 Å². The summed E-state index contributed by atoms with van der Waals surface area (Å²) < 4.78 is 0.903. The van der Waals surface area contributed by atoms with Gasteiger partial charge in [-0.15, -0.1) is 0 Å². The van der Waals surface area contributed by atoms with Gasteiger partial charge in [-0.05, 0) is 18.2 Å². The van der Waals surface area contributed by atoms with Crippen molar-refractivity contribution in [1.29, 1.82) is 0 Å². The van der Waals surface area contributed by atoms with Crippen LogP contribution >= 0.6 is 15.9 Å². The second kappa shape index (κ2) is 3.83. The average Bonchev–Trinajstić information content (AvgIpc) is 2.50. The van der Waals surface area contributed by atoms with Crippen LogP contribution in [0.25, 0.3) is 0 Å². The van der Waals surface area contributed by atoms with Gasteiger partial charge in [0.1, 0.15) is 0 Å². The van der Waals surface area contributed by atoms with E-state index in [-0.39, 0.29) is 11.9 Å². The molecular weight excluding hydrogens is 258 g/mol. The topological polar surface area (TPSA) is 72.3 Å². The van der Waals surface area contributed by atoms with Gasteiger partial charge in [0, 0.05) is 23.5 Å². The fourth-order valence-electron chi connectivity index (χ4n) is 1.72. The van der Waals surface area contributed by atoms with Crippen LogP contribution in [0.3, 0.4) is 0 Å². The molecule has 1 saturated heterocycles. The molecule has 4 N–H and O–H groups in total. The van der Waals surface area contributed by atoms with Gasteiger partial charge in [-0.3, -0.25) is 4.79 Å². The summed E-state index contributed by atoms with van der Waals surface area (Å²) >= 11 is 3.35. The summed E-state index contributed by atoms with van der Waals surface area (Å²) in [7, 11) is 0. The molecule has 0 aliphatic carbocycles. The summed E-state index contributed by atoms with van der Waals surface area (Å²) in [5, 5.41) is 0. The van der Waals surface area contributed by atoms with E-state index in [0.717, 1.165) is 10.2 Å². The molecule has 0 bridgehead atoms. The summed E-state index contributed by atoms with van der Waals surface area (Å²) in [6.45, 7) is 0.541. The van der Waals surface area contributed by atoms with E-state index in [2.05, 4.69) is 15.9 Å². The molecule has 15 heavy (non-hydrogen) atoms. The first kappa shape index (κ1) is 10.4. The number of anilines is 2. The maximum atomic E-state index is 11.6. The molecule has 80 valence electrons. The molecule has 1 atom stereocenters. The highest BCUT2D eigenvalue weighted by Gasteiger charge is 2.29. The van der Waals surface area contributed by atoms with Crippen LogP contribution in [-0.4, -0.2) is 18.5 Å². The normalized spacial score (nSPS) is 21.1. The summed E-state index contributed by atoms with van der Waals surface area (Å²) in [5.74, 6) is 0.0345. The zero-order chi connectivity index (χ0) is 11.0. The third kappa shape index (κ3) is 1.98. The van der Waals surface area contributed by atoms with Crippen LogP contribution in [0.1, 0.15) is 6.42 Å². The van der Waals surface area contributed by atoms with Crippen LogP contribution in [0.2, 0.25) is 0 Å². The summed E-state index contributed by atoms with van der Waals surface area (Å²) in [5.41, 5.74) is 12.9. The zero-order valence-corrected chi connectivity index (χ0v) is 9.70. The zero-order valence-electron chi connectivity index (χ0n) is 8.11. The number of nitrogens with two attached hydrogens (primary N) is 2. The molecule has 0 aromatic heterocycles. The van der Waals surface area contributed by atoms with Crippen molar-refractivity contribution < 1.29 is 4.79 Å². The Hall–Kier alpha value is -1.07. The van der Waals surface area contributed by atoms with Gasteiger partial charge in [0.2, 0.25) is 5.91 Å². The third-order valence-corrected chi connectivity index (χ3v) is 2.93. The van der Waals surface area contributed by atoms with Crippen molar-refractivity contribution in [2.75, 3.05) is 17.2 Å². The standard InChI is InChI=1S/C10H12BrN3O/c11-6-1-2-8(13)9(3-6)14-5-7(12)4-10(14)15/h1-3,7H,4-5,12-13H2. The Balaban J connectivity index is 2.37. The summed E-state index contributed by atoms with van der Waals surface area (Å²) in [6.07, 6.45) is 0.395. The fourth-order valence-corrected chi connectivity index (χ4v) is 2.07. The van der Waals surface area contributed by atoms with Gasteiger partial charge in [-0.2, -0.15) is 0 Å². The van der Waals surface area contributed by atoms with E-state index in [1.54, 1.807) is 11.0 Å². The van der Waals surface area contributed by atoms with E-state index >= 15 is 0 Å². The molecule has 2 rings (SSSR count). The number of halogens is 1. The van der Waals surface area contributed by atoms with E-state index < -0.39 is 0 Å². The van der Waals surface area contributed by atoms with Crippen molar-refractivity contribution in [1.82, 2.24) is 0 Å². The quantitative estimate of drug-likeness (QED) is 0.750. The Labute approximate surface area is 96.4 Å². The lowest BCUT2D eigenvalue weighted by Crippen LogP contribution is -2.28. The molecule has 0 spiro atoms. The van der Waals surface area contributed by atoms with Crippen molar-refractivity contribution in [2.24, 2.45) is 5.73 Å². The van der Waals surface area contributed by atoms with Crippen molar-refractivity contribution >= 4 is 33.2 Å². The van der Waals surface area contributed by atoms with Crippen LogP contribution in [-0.2, 0) is 4.79 Å². The van der Waals surface area contributed by atoms with Crippen LogP contribution in [0.15, 0.2) is 22.7 Å². The Bertz CT molecular complexity index is 408. The van der Waals surface area contributed by atoms with E-state index in [1.165, 1.54) is 0 Å². The molecule has 1 fully saturated rings. The Morgan fingerprint density at radius 1 is 1.47 bits per heavy atom. The molecule has 1 aromatic carbocycles. The summed E-state index contributed by atoms with van der Waals surface area (Å²) in [6, 6.07) is 5.37. The first-order chi connectivity index (χ1) is 7.08. The van der Waals surface area contributed by atoms with Crippen LogP contribution in [0.5, 0.6) is 0 Å². The molecule has 1 aliphatic heterocycles. The number of carbonyl (C=O) groups is 1. The lowest BCUT2D eigenvalue weighted by atomic mass is 10.2. The minimum atomic E-state index is -0.0871. The van der Waals surface area contributed by atoms with Gasteiger partial charge in [0.25, 0.3) is 0 Å².